The number of amides is 1. The van der Waals surface area contributed by atoms with Crippen LogP contribution in [0, 0.1) is 16.7 Å². The first-order valence-electron chi connectivity index (χ1n) is 8.02. The van der Waals surface area contributed by atoms with Crippen LogP contribution in [0.3, 0.4) is 0 Å². The van der Waals surface area contributed by atoms with Gasteiger partial charge in [0.05, 0.1) is 11.5 Å². The SMILES string of the molecule is COC(O)CCC(=O)N1CCC(C#N)(Cc2ccccc2)CC1. The number of likely N-dealkylation sites (tertiary alicyclic amines) is 1. The molecule has 2 rings (SSSR count). The van der Waals surface area contributed by atoms with Crippen molar-refractivity contribution in [2.24, 2.45) is 5.41 Å². The van der Waals surface area contributed by atoms with Crippen molar-refractivity contribution in [1.29, 1.82) is 5.26 Å². The lowest BCUT2D eigenvalue weighted by Crippen LogP contribution is -2.43. The highest BCUT2D eigenvalue weighted by Crippen LogP contribution is 2.34. The fourth-order valence-corrected chi connectivity index (χ4v) is 3.02. The summed E-state index contributed by atoms with van der Waals surface area (Å²) in [5, 5.41) is 19.0. The molecule has 1 atom stereocenters. The molecule has 5 nitrogen and oxygen atoms in total. The fourth-order valence-electron chi connectivity index (χ4n) is 3.02. The van der Waals surface area contributed by atoms with Crippen LogP contribution in [-0.4, -0.2) is 42.4 Å². The van der Waals surface area contributed by atoms with Crippen molar-refractivity contribution in [1.82, 2.24) is 4.90 Å². The Morgan fingerprint density at radius 2 is 2.04 bits per heavy atom. The maximum atomic E-state index is 12.2. The molecule has 124 valence electrons. The molecular formula is C18H24N2O3. The smallest absolute Gasteiger partial charge is 0.222 e. The summed E-state index contributed by atoms with van der Waals surface area (Å²) in [5.41, 5.74) is 0.779. The third-order valence-corrected chi connectivity index (χ3v) is 4.57. The predicted molar refractivity (Wildman–Crippen MR) is 86.3 cm³/mol. The molecule has 0 spiro atoms. The van der Waals surface area contributed by atoms with Crippen LogP contribution >= 0.6 is 0 Å². The van der Waals surface area contributed by atoms with Crippen LogP contribution in [0.25, 0.3) is 0 Å². The van der Waals surface area contributed by atoms with Crippen molar-refractivity contribution in [2.75, 3.05) is 20.2 Å². The van der Waals surface area contributed by atoms with Gasteiger partial charge in [-0.05, 0) is 24.8 Å². The number of piperidine rings is 1. The Bertz CT molecular complexity index is 545. The van der Waals surface area contributed by atoms with E-state index in [-0.39, 0.29) is 17.7 Å². The van der Waals surface area contributed by atoms with Crippen molar-refractivity contribution in [2.45, 2.75) is 38.4 Å². The average molecular weight is 316 g/mol. The van der Waals surface area contributed by atoms with E-state index < -0.39 is 6.29 Å². The van der Waals surface area contributed by atoms with Crippen molar-refractivity contribution in [3.8, 4) is 6.07 Å². The number of carbonyl (C=O) groups excluding carboxylic acids is 1. The van der Waals surface area contributed by atoms with E-state index in [4.69, 9.17) is 4.74 Å². The number of benzene rings is 1. The van der Waals surface area contributed by atoms with E-state index in [1.165, 1.54) is 7.11 Å². The first kappa shape index (κ1) is 17.5. The summed E-state index contributed by atoms with van der Waals surface area (Å²) in [7, 11) is 1.42. The van der Waals surface area contributed by atoms with Gasteiger partial charge in [-0.15, -0.1) is 0 Å². The van der Waals surface area contributed by atoms with E-state index in [2.05, 4.69) is 6.07 Å². The Hall–Kier alpha value is -1.90. The van der Waals surface area contributed by atoms with Crippen molar-refractivity contribution < 1.29 is 14.6 Å². The first-order valence-corrected chi connectivity index (χ1v) is 8.02. The quantitative estimate of drug-likeness (QED) is 0.816. The highest BCUT2D eigenvalue weighted by molar-refractivity contribution is 5.76. The van der Waals surface area contributed by atoms with Crippen molar-refractivity contribution >= 4 is 5.91 Å². The Labute approximate surface area is 137 Å². The molecule has 1 aromatic rings. The zero-order chi connectivity index (χ0) is 16.7. The molecule has 5 heteroatoms. The second-order valence-electron chi connectivity index (χ2n) is 6.16. The van der Waals surface area contributed by atoms with E-state index in [0.717, 1.165) is 12.0 Å². The molecule has 1 N–H and O–H groups in total. The van der Waals surface area contributed by atoms with Crippen LogP contribution in [0.1, 0.15) is 31.2 Å². The third-order valence-electron chi connectivity index (χ3n) is 4.57. The van der Waals surface area contributed by atoms with Gasteiger partial charge in [0.2, 0.25) is 5.91 Å². The highest BCUT2D eigenvalue weighted by Gasteiger charge is 2.36. The topological polar surface area (TPSA) is 73.6 Å². The van der Waals surface area contributed by atoms with Gasteiger partial charge in [-0.2, -0.15) is 5.26 Å². The third kappa shape index (κ3) is 4.78. The Morgan fingerprint density at radius 1 is 1.39 bits per heavy atom. The molecule has 1 amide bonds. The minimum absolute atomic E-state index is 0.0207. The minimum Gasteiger partial charge on any atom is -0.368 e. The van der Waals surface area contributed by atoms with Gasteiger partial charge in [0.25, 0.3) is 0 Å². The first-order chi connectivity index (χ1) is 11.1. The fraction of sp³-hybridized carbons (Fsp3) is 0.556. The van der Waals surface area contributed by atoms with E-state index in [1.54, 1.807) is 4.90 Å². The maximum Gasteiger partial charge on any atom is 0.222 e. The van der Waals surface area contributed by atoms with Gasteiger partial charge < -0.3 is 14.7 Å². The number of rotatable bonds is 6. The molecule has 1 saturated heterocycles. The Morgan fingerprint density at radius 3 is 2.61 bits per heavy atom. The highest BCUT2D eigenvalue weighted by atomic mass is 16.6. The van der Waals surface area contributed by atoms with E-state index in [9.17, 15) is 15.2 Å². The second kappa shape index (κ2) is 8.09. The van der Waals surface area contributed by atoms with Crippen LogP contribution < -0.4 is 0 Å². The van der Waals surface area contributed by atoms with Crippen LogP contribution in [-0.2, 0) is 16.0 Å². The van der Waals surface area contributed by atoms with Gasteiger partial charge >= 0.3 is 0 Å². The number of aliphatic hydroxyl groups is 1. The largest absolute Gasteiger partial charge is 0.368 e. The zero-order valence-corrected chi connectivity index (χ0v) is 13.6. The summed E-state index contributed by atoms with van der Waals surface area (Å²) in [6, 6.07) is 12.5. The predicted octanol–water partition coefficient (Wildman–Crippen LogP) is 2.11. The molecule has 0 saturated carbocycles. The minimum atomic E-state index is -0.889. The van der Waals surface area contributed by atoms with Crippen LogP contribution in [0.5, 0.6) is 0 Å². The van der Waals surface area contributed by atoms with Gasteiger partial charge in [-0.1, -0.05) is 30.3 Å². The van der Waals surface area contributed by atoms with Gasteiger partial charge in [-0.3, -0.25) is 4.79 Å². The average Bonchev–Trinajstić information content (AvgIpc) is 2.60. The Kier molecular flexibility index (Phi) is 6.14. The monoisotopic (exact) mass is 316 g/mol. The zero-order valence-electron chi connectivity index (χ0n) is 13.6. The molecule has 1 aromatic carbocycles. The lowest BCUT2D eigenvalue weighted by atomic mass is 9.75. The van der Waals surface area contributed by atoms with Crippen LogP contribution in [0.15, 0.2) is 30.3 Å². The summed E-state index contributed by atoms with van der Waals surface area (Å²) < 4.78 is 4.75. The van der Waals surface area contributed by atoms with Gasteiger partial charge in [0.1, 0.15) is 0 Å². The van der Waals surface area contributed by atoms with Crippen molar-refractivity contribution in [3.63, 3.8) is 0 Å². The van der Waals surface area contributed by atoms with Crippen LogP contribution in [0.4, 0.5) is 0 Å². The summed E-state index contributed by atoms with van der Waals surface area (Å²) in [4.78, 5) is 13.9. The number of ether oxygens (including phenoxy) is 1. The molecular weight excluding hydrogens is 292 g/mol. The van der Waals surface area contributed by atoms with E-state index >= 15 is 0 Å². The number of hydrogen-bond donors (Lipinski definition) is 1. The lowest BCUT2D eigenvalue weighted by Gasteiger charge is -2.37. The maximum absolute atomic E-state index is 12.2. The molecule has 0 bridgehead atoms. The van der Waals surface area contributed by atoms with Gasteiger partial charge in [-0.25, -0.2) is 0 Å². The van der Waals surface area contributed by atoms with E-state index in [1.807, 2.05) is 30.3 Å². The van der Waals surface area contributed by atoms with Crippen LogP contribution in [0.2, 0.25) is 0 Å². The van der Waals surface area contributed by atoms with Gasteiger partial charge in [0.15, 0.2) is 6.29 Å². The molecule has 1 aliphatic rings. The normalized spacial score (nSPS) is 18.2. The summed E-state index contributed by atoms with van der Waals surface area (Å²) in [6.07, 6.45) is 1.80. The molecule has 1 unspecified atom stereocenters. The lowest BCUT2D eigenvalue weighted by molar-refractivity contribution is -0.136. The number of hydrogen-bond acceptors (Lipinski definition) is 4. The van der Waals surface area contributed by atoms with E-state index in [0.29, 0.717) is 32.4 Å². The number of carbonyl (C=O) groups is 1. The molecule has 1 aliphatic heterocycles. The number of nitriles is 1. The summed E-state index contributed by atoms with van der Waals surface area (Å²) in [5.74, 6) is 0.0207. The molecule has 1 heterocycles. The number of aliphatic hydroxyl groups excluding tert-OH is 1. The van der Waals surface area contributed by atoms with Crippen molar-refractivity contribution in [3.05, 3.63) is 35.9 Å². The summed E-state index contributed by atoms with van der Waals surface area (Å²) in [6.45, 7) is 1.20. The Balaban J connectivity index is 1.88. The second-order valence-corrected chi connectivity index (χ2v) is 6.16. The molecule has 1 fully saturated rings. The molecule has 0 aliphatic carbocycles. The number of nitrogens with zero attached hydrogens (tertiary/aromatic N) is 2. The number of methoxy groups -OCH3 is 1. The molecule has 0 radical (unpaired) electrons. The summed E-state index contributed by atoms with van der Waals surface area (Å²) >= 11 is 0. The molecule has 0 aromatic heterocycles. The van der Waals surface area contributed by atoms with Gasteiger partial charge in [0, 0.05) is 33.0 Å². The standard InChI is InChI=1S/C18H24N2O3/c1-23-17(22)8-7-16(21)20-11-9-18(14-19,10-12-20)13-15-5-3-2-4-6-15/h2-6,17,22H,7-13H2,1H3. The molecule has 23 heavy (non-hydrogen) atoms.